The highest BCUT2D eigenvalue weighted by Crippen LogP contribution is 2.23. The normalized spacial score (nSPS) is 13.9. The summed E-state index contributed by atoms with van der Waals surface area (Å²) in [6, 6.07) is -3.28. The zero-order chi connectivity index (χ0) is 42.3. The molecule has 5 atom stereocenters. The minimum absolute atomic E-state index is 0.0144. The Balaban J connectivity index is 2.95. The van der Waals surface area contributed by atoms with E-state index in [0.717, 1.165) is 12.1 Å². The molecule has 55 heavy (non-hydrogen) atoms. The molecule has 1 rings (SSSR count). The van der Waals surface area contributed by atoms with Gasteiger partial charge in [0.25, 0.3) is 17.3 Å². The Kier molecular flexibility index (Phi) is 19.0. The van der Waals surface area contributed by atoms with E-state index in [1.807, 2.05) is 33.0 Å². The van der Waals surface area contributed by atoms with Crippen molar-refractivity contribution in [3.05, 3.63) is 44.0 Å². The fourth-order valence-corrected chi connectivity index (χ4v) is 5.23. The van der Waals surface area contributed by atoms with Crippen LogP contribution in [-0.4, -0.2) is 88.0 Å². The number of rotatable bonds is 21. The van der Waals surface area contributed by atoms with Crippen molar-refractivity contribution in [3.63, 3.8) is 0 Å². The summed E-state index contributed by atoms with van der Waals surface area (Å²) in [5.74, 6) is -6.20. The maximum atomic E-state index is 13.4. The van der Waals surface area contributed by atoms with Crippen LogP contribution in [0.4, 0.5) is 11.4 Å². The molecule has 20 nitrogen and oxygen atoms in total. The number of hydrogen-bond donors (Lipinski definition) is 7. The molecule has 7 amide bonds. The second kappa shape index (κ2) is 22.0. The highest BCUT2D eigenvalue weighted by Gasteiger charge is 2.32. The van der Waals surface area contributed by atoms with E-state index in [4.69, 9.17) is 5.73 Å². The van der Waals surface area contributed by atoms with Crippen molar-refractivity contribution in [1.29, 1.82) is 0 Å². The van der Waals surface area contributed by atoms with E-state index in [1.165, 1.54) is 6.92 Å². The molecule has 0 fully saturated rings. The summed E-state index contributed by atoms with van der Waals surface area (Å²) in [5.41, 5.74) is 3.94. The van der Waals surface area contributed by atoms with E-state index >= 15 is 0 Å². The lowest BCUT2D eigenvalue weighted by Crippen LogP contribution is -2.57. The molecule has 0 aliphatic rings. The minimum Gasteiger partial charge on any atom is -0.345 e. The molecule has 1 aromatic carbocycles. The van der Waals surface area contributed by atoms with Crippen molar-refractivity contribution in [2.75, 3.05) is 6.54 Å². The van der Waals surface area contributed by atoms with Crippen LogP contribution in [0.1, 0.15) is 91.9 Å². The molecular formula is C35H55N9O11. The number of imide groups is 1. The van der Waals surface area contributed by atoms with Crippen molar-refractivity contribution in [1.82, 2.24) is 31.9 Å². The van der Waals surface area contributed by atoms with Gasteiger partial charge in [-0.2, -0.15) is 0 Å². The number of benzene rings is 1. The molecule has 0 saturated carbocycles. The third-order valence-electron chi connectivity index (χ3n) is 8.01. The lowest BCUT2D eigenvalue weighted by Gasteiger charge is -2.26. The summed E-state index contributed by atoms with van der Waals surface area (Å²) in [5, 5.41) is 37.0. The number of nitrogens with one attached hydrogen (secondary N) is 6. The second-order valence-corrected chi connectivity index (χ2v) is 14.9. The minimum atomic E-state index is -1.35. The van der Waals surface area contributed by atoms with E-state index in [2.05, 4.69) is 26.6 Å². The molecule has 0 unspecified atom stereocenters. The molecule has 8 N–H and O–H groups in total. The summed E-state index contributed by atoms with van der Waals surface area (Å²) in [7, 11) is 0. The first-order valence-corrected chi connectivity index (χ1v) is 18.0. The van der Waals surface area contributed by atoms with Gasteiger partial charge in [-0.05, 0) is 49.9 Å². The van der Waals surface area contributed by atoms with Gasteiger partial charge in [-0.15, -0.1) is 0 Å². The van der Waals surface area contributed by atoms with Crippen molar-refractivity contribution in [2.24, 2.45) is 29.4 Å². The number of nitrogens with zero attached hydrogens (tertiary/aromatic N) is 2. The average molecular weight is 778 g/mol. The maximum Gasteiger partial charge on any atom is 0.277 e. The summed E-state index contributed by atoms with van der Waals surface area (Å²) >= 11 is 0. The van der Waals surface area contributed by atoms with E-state index in [9.17, 15) is 53.8 Å². The summed E-state index contributed by atoms with van der Waals surface area (Å²) < 4.78 is 0. The molecule has 0 aliphatic carbocycles. The number of nitro benzene ring substituents is 2. The molecule has 20 heteroatoms. The Bertz CT molecular complexity index is 1560. The molecule has 0 saturated heterocycles. The maximum absolute atomic E-state index is 13.4. The number of nitro groups is 2. The Morgan fingerprint density at radius 3 is 1.55 bits per heavy atom. The van der Waals surface area contributed by atoms with Crippen molar-refractivity contribution in [3.8, 4) is 0 Å². The Morgan fingerprint density at radius 1 is 0.618 bits per heavy atom. The van der Waals surface area contributed by atoms with Crippen LogP contribution >= 0.6 is 0 Å². The summed E-state index contributed by atoms with van der Waals surface area (Å²) in [6.45, 7) is 15.0. The van der Waals surface area contributed by atoms with Crippen molar-refractivity contribution < 1.29 is 43.4 Å². The van der Waals surface area contributed by atoms with Gasteiger partial charge < -0.3 is 32.3 Å². The fraction of sp³-hybridized carbons (Fsp3) is 0.629. The van der Waals surface area contributed by atoms with Gasteiger partial charge in [0.1, 0.15) is 24.2 Å². The zero-order valence-electron chi connectivity index (χ0n) is 32.7. The molecule has 306 valence electrons. The first-order chi connectivity index (χ1) is 25.4. The second-order valence-electron chi connectivity index (χ2n) is 14.9. The van der Waals surface area contributed by atoms with Gasteiger partial charge >= 0.3 is 0 Å². The van der Waals surface area contributed by atoms with Crippen LogP contribution in [0, 0.1) is 43.9 Å². The van der Waals surface area contributed by atoms with Gasteiger partial charge in [-0.25, -0.2) is 0 Å². The summed E-state index contributed by atoms with van der Waals surface area (Å²) in [6.07, 6.45) is 0.794. The Labute approximate surface area is 319 Å². The van der Waals surface area contributed by atoms with Gasteiger partial charge in [0.05, 0.1) is 34.1 Å². The monoisotopic (exact) mass is 777 g/mol. The van der Waals surface area contributed by atoms with Crippen molar-refractivity contribution >= 4 is 52.7 Å². The molecule has 0 heterocycles. The number of hydrogen-bond acceptors (Lipinski definition) is 12. The third-order valence-corrected chi connectivity index (χ3v) is 8.01. The van der Waals surface area contributed by atoms with Crippen LogP contribution in [0.2, 0.25) is 0 Å². The van der Waals surface area contributed by atoms with Gasteiger partial charge in [-0.1, -0.05) is 55.4 Å². The first-order valence-electron chi connectivity index (χ1n) is 18.0. The predicted octanol–water partition coefficient (Wildman–Crippen LogP) is 0.956. The highest BCUT2D eigenvalue weighted by molar-refractivity contribution is 6.07. The largest absolute Gasteiger partial charge is 0.345 e. The molecule has 0 aromatic heterocycles. The smallest absolute Gasteiger partial charge is 0.277 e. The number of amides is 7. The molecular weight excluding hydrogens is 722 g/mol. The Hall–Kier alpha value is -5.53. The van der Waals surface area contributed by atoms with Crippen molar-refractivity contribution in [2.45, 2.75) is 112 Å². The number of nitrogens with two attached hydrogens (primary N) is 1. The van der Waals surface area contributed by atoms with Crippen LogP contribution in [0.5, 0.6) is 0 Å². The van der Waals surface area contributed by atoms with Gasteiger partial charge in [-0.3, -0.25) is 59.1 Å². The Morgan fingerprint density at radius 2 is 1.09 bits per heavy atom. The van der Waals surface area contributed by atoms with Crippen LogP contribution in [0.15, 0.2) is 18.2 Å². The fourth-order valence-electron chi connectivity index (χ4n) is 5.23. The number of carbonyl (C=O) groups excluding carboxylic acids is 7. The average Bonchev–Trinajstić information content (AvgIpc) is 3.07. The van der Waals surface area contributed by atoms with E-state index in [0.29, 0.717) is 12.5 Å². The number of non-ortho nitro benzene ring substituents is 2. The molecule has 0 spiro atoms. The topological polar surface area (TPSA) is 304 Å². The molecule has 0 bridgehead atoms. The highest BCUT2D eigenvalue weighted by atomic mass is 16.6. The van der Waals surface area contributed by atoms with Crippen LogP contribution in [0.3, 0.4) is 0 Å². The van der Waals surface area contributed by atoms with Gasteiger partial charge in [0.2, 0.25) is 35.4 Å². The van der Waals surface area contributed by atoms with Crippen LogP contribution < -0.4 is 37.6 Å². The van der Waals surface area contributed by atoms with E-state index in [-0.39, 0.29) is 30.6 Å². The standard InChI is InChI=1S/C35H55N9O11/c1-17(2)10-25(36)32(48)40-27(12-19(5)6)33(49)38-21(9)30(46)37-16-28(45)39-26(11-18(3)4)34(50)41-29(20(7)8)35(51)42-31(47)22-13-23(43(52)53)15-24(14-22)44(54)55/h13-15,17-21,25-27,29H,10-12,16,36H2,1-9H3,(H,37,46)(H,38,49)(H,39,45)(H,40,48)(H,41,50)(H,42,47,51)/t21-,25-,26-,27-,29-/m0/s1. The third kappa shape index (κ3) is 16.6. The van der Waals surface area contributed by atoms with E-state index in [1.54, 1.807) is 27.7 Å². The predicted molar refractivity (Wildman–Crippen MR) is 200 cm³/mol. The first kappa shape index (κ1) is 47.5. The molecule has 1 aromatic rings. The summed E-state index contributed by atoms with van der Waals surface area (Å²) in [4.78, 5) is 111. The lowest BCUT2D eigenvalue weighted by molar-refractivity contribution is -0.394. The van der Waals surface area contributed by atoms with E-state index < -0.39 is 111 Å². The van der Waals surface area contributed by atoms with Gasteiger partial charge in [0, 0.05) is 12.1 Å². The molecule has 0 radical (unpaired) electrons. The quantitative estimate of drug-likeness (QED) is 0.0678. The van der Waals surface area contributed by atoms with Crippen LogP contribution in [-0.2, 0) is 28.8 Å². The molecule has 0 aliphatic heterocycles. The van der Waals surface area contributed by atoms with Crippen LogP contribution in [0.25, 0.3) is 0 Å². The SMILES string of the molecule is CC(C)C[C@H](NC(=O)CNC(=O)[C@H](C)NC(=O)[C@H](CC(C)C)NC(=O)[C@@H](N)CC(C)C)C(=O)N[C@H](C(=O)NC(=O)c1cc([N+](=O)[O-])cc([N+](=O)[O-])c1)C(C)C. The zero-order valence-corrected chi connectivity index (χ0v) is 32.7. The van der Waals surface area contributed by atoms with Gasteiger partial charge in [0.15, 0.2) is 0 Å². The lowest BCUT2D eigenvalue weighted by atomic mass is 9.99. The number of carbonyl (C=O) groups is 7.